The summed E-state index contributed by atoms with van der Waals surface area (Å²) in [6, 6.07) is 0. The third-order valence-electron chi connectivity index (χ3n) is 2.58. The van der Waals surface area contributed by atoms with Crippen LogP contribution in [-0.2, 0) is 4.79 Å². The molecule has 0 saturated heterocycles. The number of fused-ring (bicyclic) bond motifs is 1. The van der Waals surface area contributed by atoms with Crippen LogP contribution in [0.1, 0.15) is 6.42 Å². The molecule has 0 aliphatic rings. The number of rotatable bonds is 4. The van der Waals surface area contributed by atoms with Crippen LogP contribution in [0.2, 0.25) is 5.28 Å². The standard InChI is InChI=1S/C10H13ClN6O/c1-12-7(18)3-4-17(2)9-6-5-13-16-8(6)14-10(11)15-9/h5H,3-4H2,1-2H3,(H,12,18)(H,13,14,15,16). The SMILES string of the molecule is CNC(=O)CCN(C)c1nc(Cl)nc2[nH]ncc12. The second-order valence-electron chi connectivity index (χ2n) is 3.79. The summed E-state index contributed by atoms with van der Waals surface area (Å²) >= 11 is 5.84. The van der Waals surface area contributed by atoms with E-state index in [2.05, 4.69) is 25.5 Å². The summed E-state index contributed by atoms with van der Waals surface area (Å²) < 4.78 is 0. The van der Waals surface area contributed by atoms with Gasteiger partial charge in [0.25, 0.3) is 0 Å². The monoisotopic (exact) mass is 268 g/mol. The molecular formula is C10H13ClN6O. The number of halogens is 1. The maximum atomic E-state index is 11.2. The Labute approximate surface area is 109 Å². The summed E-state index contributed by atoms with van der Waals surface area (Å²) in [5, 5.41) is 10.1. The molecule has 2 N–H and O–H groups in total. The minimum Gasteiger partial charge on any atom is -0.359 e. The fourth-order valence-corrected chi connectivity index (χ4v) is 1.75. The van der Waals surface area contributed by atoms with Crippen molar-refractivity contribution in [2.24, 2.45) is 0 Å². The molecule has 0 fully saturated rings. The molecule has 2 heterocycles. The normalized spacial score (nSPS) is 10.6. The van der Waals surface area contributed by atoms with Crippen molar-refractivity contribution in [1.82, 2.24) is 25.5 Å². The lowest BCUT2D eigenvalue weighted by Crippen LogP contribution is -2.27. The Balaban J connectivity index is 2.23. The second kappa shape index (κ2) is 5.18. The Kier molecular flexibility index (Phi) is 3.61. The van der Waals surface area contributed by atoms with Crippen molar-refractivity contribution in [3.63, 3.8) is 0 Å². The van der Waals surface area contributed by atoms with Crippen LogP contribution in [0.25, 0.3) is 11.0 Å². The smallest absolute Gasteiger partial charge is 0.226 e. The summed E-state index contributed by atoms with van der Waals surface area (Å²) in [5.74, 6) is 0.632. The predicted molar refractivity (Wildman–Crippen MR) is 68.6 cm³/mol. The molecule has 1 amide bonds. The van der Waals surface area contributed by atoms with Crippen LogP contribution in [-0.4, -0.2) is 46.7 Å². The molecule has 0 aliphatic heterocycles. The van der Waals surface area contributed by atoms with E-state index in [1.54, 1.807) is 13.2 Å². The Morgan fingerprint density at radius 1 is 1.56 bits per heavy atom. The van der Waals surface area contributed by atoms with Crippen molar-refractivity contribution < 1.29 is 4.79 Å². The number of nitrogens with one attached hydrogen (secondary N) is 2. The maximum Gasteiger partial charge on any atom is 0.226 e. The lowest BCUT2D eigenvalue weighted by molar-refractivity contribution is -0.120. The molecule has 0 saturated carbocycles. The largest absolute Gasteiger partial charge is 0.359 e. The van der Waals surface area contributed by atoms with Gasteiger partial charge in [0.2, 0.25) is 11.2 Å². The molecule has 96 valence electrons. The number of H-pyrrole nitrogens is 1. The number of carbonyl (C=O) groups excluding carboxylic acids is 1. The first-order valence-corrected chi connectivity index (χ1v) is 5.78. The average molecular weight is 269 g/mol. The van der Waals surface area contributed by atoms with E-state index >= 15 is 0 Å². The second-order valence-corrected chi connectivity index (χ2v) is 4.13. The number of aromatic nitrogens is 4. The van der Waals surface area contributed by atoms with Gasteiger partial charge in [0.1, 0.15) is 5.82 Å². The minimum atomic E-state index is -0.0227. The van der Waals surface area contributed by atoms with E-state index in [1.807, 2.05) is 11.9 Å². The summed E-state index contributed by atoms with van der Waals surface area (Å²) in [4.78, 5) is 21.2. The molecule has 0 bridgehead atoms. The first-order chi connectivity index (χ1) is 8.61. The highest BCUT2D eigenvalue weighted by atomic mass is 35.5. The van der Waals surface area contributed by atoms with Gasteiger partial charge in [-0.05, 0) is 11.6 Å². The molecule has 0 unspecified atom stereocenters. The van der Waals surface area contributed by atoms with Gasteiger partial charge >= 0.3 is 0 Å². The van der Waals surface area contributed by atoms with Gasteiger partial charge in [-0.1, -0.05) is 0 Å². The maximum absolute atomic E-state index is 11.2. The van der Waals surface area contributed by atoms with Gasteiger partial charge in [-0.15, -0.1) is 0 Å². The van der Waals surface area contributed by atoms with Crippen molar-refractivity contribution in [3.8, 4) is 0 Å². The molecule has 2 aromatic rings. The lowest BCUT2D eigenvalue weighted by atomic mass is 10.3. The predicted octanol–water partition coefficient (Wildman–Crippen LogP) is 0.579. The third kappa shape index (κ3) is 2.51. The van der Waals surface area contributed by atoms with E-state index in [0.717, 1.165) is 5.39 Å². The molecule has 0 aliphatic carbocycles. The van der Waals surface area contributed by atoms with Crippen molar-refractivity contribution in [2.75, 3.05) is 25.5 Å². The van der Waals surface area contributed by atoms with Gasteiger partial charge in [-0.25, -0.2) is 0 Å². The first-order valence-electron chi connectivity index (χ1n) is 5.40. The Hall–Kier alpha value is -1.89. The van der Waals surface area contributed by atoms with E-state index < -0.39 is 0 Å². The van der Waals surface area contributed by atoms with Gasteiger partial charge < -0.3 is 10.2 Å². The Morgan fingerprint density at radius 3 is 3.06 bits per heavy atom. The highest BCUT2D eigenvalue weighted by Crippen LogP contribution is 2.22. The van der Waals surface area contributed by atoms with E-state index in [0.29, 0.717) is 24.4 Å². The van der Waals surface area contributed by atoms with E-state index in [9.17, 15) is 4.79 Å². The molecular weight excluding hydrogens is 256 g/mol. The van der Waals surface area contributed by atoms with Crippen molar-refractivity contribution in [1.29, 1.82) is 0 Å². The van der Waals surface area contributed by atoms with Crippen LogP contribution in [0.4, 0.5) is 5.82 Å². The summed E-state index contributed by atoms with van der Waals surface area (Å²) in [7, 11) is 3.45. The quantitative estimate of drug-likeness (QED) is 0.792. The fourth-order valence-electron chi connectivity index (χ4n) is 1.58. The molecule has 7 nitrogen and oxygen atoms in total. The molecule has 2 aromatic heterocycles. The number of amides is 1. The number of aromatic amines is 1. The van der Waals surface area contributed by atoms with Gasteiger partial charge in [0, 0.05) is 27.1 Å². The van der Waals surface area contributed by atoms with Gasteiger partial charge in [-0.3, -0.25) is 9.89 Å². The topological polar surface area (TPSA) is 86.8 Å². The van der Waals surface area contributed by atoms with Gasteiger partial charge in [0.15, 0.2) is 5.65 Å². The summed E-state index contributed by atoms with van der Waals surface area (Å²) in [5.41, 5.74) is 0.580. The van der Waals surface area contributed by atoms with E-state index in [4.69, 9.17) is 11.6 Å². The highest BCUT2D eigenvalue weighted by molar-refractivity contribution is 6.28. The number of hydrogen-bond donors (Lipinski definition) is 2. The molecule has 18 heavy (non-hydrogen) atoms. The molecule has 0 radical (unpaired) electrons. The van der Waals surface area contributed by atoms with Crippen LogP contribution in [0.15, 0.2) is 6.20 Å². The number of nitrogens with zero attached hydrogens (tertiary/aromatic N) is 4. The zero-order chi connectivity index (χ0) is 13.1. The summed E-state index contributed by atoms with van der Waals surface area (Å²) in [6.45, 7) is 0.535. The van der Waals surface area contributed by atoms with Crippen molar-refractivity contribution in [2.45, 2.75) is 6.42 Å². The average Bonchev–Trinajstić information content (AvgIpc) is 2.82. The fraction of sp³-hybridized carbons (Fsp3) is 0.400. The molecule has 0 atom stereocenters. The number of anilines is 1. The van der Waals surface area contributed by atoms with Gasteiger partial charge in [0.05, 0.1) is 11.6 Å². The Bertz CT molecular complexity index is 568. The van der Waals surface area contributed by atoms with Crippen LogP contribution in [0.5, 0.6) is 0 Å². The summed E-state index contributed by atoms with van der Waals surface area (Å²) in [6.07, 6.45) is 2.02. The minimum absolute atomic E-state index is 0.0227. The van der Waals surface area contributed by atoms with E-state index in [1.165, 1.54) is 0 Å². The molecule has 0 spiro atoms. The van der Waals surface area contributed by atoms with Crippen LogP contribution >= 0.6 is 11.6 Å². The molecule has 2 rings (SSSR count). The first kappa shape index (κ1) is 12.6. The van der Waals surface area contributed by atoms with Gasteiger partial charge in [-0.2, -0.15) is 15.1 Å². The number of carbonyl (C=O) groups is 1. The zero-order valence-corrected chi connectivity index (χ0v) is 10.8. The number of hydrogen-bond acceptors (Lipinski definition) is 5. The van der Waals surface area contributed by atoms with Crippen LogP contribution < -0.4 is 10.2 Å². The van der Waals surface area contributed by atoms with Crippen molar-refractivity contribution >= 4 is 34.4 Å². The lowest BCUT2D eigenvalue weighted by Gasteiger charge is -2.18. The van der Waals surface area contributed by atoms with Crippen LogP contribution in [0, 0.1) is 0 Å². The third-order valence-corrected chi connectivity index (χ3v) is 2.75. The molecule has 8 heteroatoms. The van der Waals surface area contributed by atoms with Crippen molar-refractivity contribution in [3.05, 3.63) is 11.5 Å². The van der Waals surface area contributed by atoms with Crippen LogP contribution in [0.3, 0.4) is 0 Å². The highest BCUT2D eigenvalue weighted by Gasteiger charge is 2.13. The zero-order valence-electron chi connectivity index (χ0n) is 10.1. The Morgan fingerprint density at radius 2 is 2.33 bits per heavy atom. The van der Waals surface area contributed by atoms with E-state index in [-0.39, 0.29) is 11.2 Å². The molecule has 0 aromatic carbocycles.